The summed E-state index contributed by atoms with van der Waals surface area (Å²) in [6.45, 7) is 8.95. The number of benzene rings is 2. The Morgan fingerprint density at radius 3 is 2.67 bits per heavy atom. The Morgan fingerprint density at radius 2 is 1.96 bits per heavy atom. The number of aryl methyl sites for hydroxylation is 1. The van der Waals surface area contributed by atoms with Crippen LogP contribution in [0.4, 0.5) is 5.69 Å². The topological polar surface area (TPSA) is 111 Å². The van der Waals surface area contributed by atoms with Crippen molar-refractivity contribution in [2.45, 2.75) is 94.7 Å². The van der Waals surface area contributed by atoms with E-state index in [1.807, 2.05) is 19.1 Å². The smallest absolute Gasteiger partial charge is 0.307 e. The molecule has 1 spiro atoms. The molecule has 0 unspecified atom stereocenters. The minimum atomic E-state index is -4.30. The number of esters is 1. The maximum Gasteiger partial charge on any atom is 0.307 e. The fraction of sp³-hybridized carbons (Fsp3) is 0.579. The Labute approximate surface area is 295 Å². The second kappa shape index (κ2) is 13.9. The maximum absolute atomic E-state index is 13.9. The molecule has 9 nitrogen and oxygen atoms in total. The number of nitrogens with zero attached hydrogens (tertiary/aromatic N) is 1. The lowest BCUT2D eigenvalue weighted by atomic mass is 9.68. The number of hydrogen-bond acceptors (Lipinski definition) is 8. The predicted octanol–water partition coefficient (Wildman–Crippen LogP) is 6.60. The van der Waals surface area contributed by atoms with Crippen LogP contribution in [0.15, 0.2) is 53.4 Å². The molecule has 11 heteroatoms. The Hall–Kier alpha value is -3.08. The number of anilines is 1. The van der Waals surface area contributed by atoms with Gasteiger partial charge in [0.15, 0.2) is 0 Å². The third kappa shape index (κ3) is 7.66. The van der Waals surface area contributed by atoms with Gasteiger partial charge in [-0.05, 0) is 119 Å². The van der Waals surface area contributed by atoms with Crippen LogP contribution in [0, 0.1) is 23.7 Å². The van der Waals surface area contributed by atoms with E-state index in [1.165, 1.54) is 17.2 Å². The van der Waals surface area contributed by atoms with Crippen molar-refractivity contribution in [1.29, 1.82) is 0 Å². The lowest BCUT2D eigenvalue weighted by Gasteiger charge is -2.46. The quantitative estimate of drug-likeness (QED) is 0.280. The van der Waals surface area contributed by atoms with Gasteiger partial charge >= 0.3 is 5.97 Å². The van der Waals surface area contributed by atoms with E-state index in [2.05, 4.69) is 27.8 Å². The molecule has 2 heterocycles. The average molecular weight is 713 g/mol. The molecule has 1 N–H and O–H groups in total. The fourth-order valence-electron chi connectivity index (χ4n) is 8.17. The number of allylic oxidation sites excluding steroid dienone is 1. The van der Waals surface area contributed by atoms with E-state index in [9.17, 15) is 18.0 Å². The van der Waals surface area contributed by atoms with Gasteiger partial charge in [-0.2, -0.15) is 0 Å². The summed E-state index contributed by atoms with van der Waals surface area (Å²) in [5.41, 5.74) is 2.10. The molecule has 0 saturated heterocycles. The number of fused-ring (bicyclic) bond motifs is 4. The lowest BCUT2D eigenvalue weighted by molar-refractivity contribution is -0.157. The second-order valence-corrected chi connectivity index (χ2v) is 17.6. The van der Waals surface area contributed by atoms with Crippen LogP contribution in [-0.2, 0) is 40.9 Å². The number of hydrogen-bond donors (Lipinski definition) is 1. The van der Waals surface area contributed by atoms with Gasteiger partial charge in [-0.25, -0.2) is 13.1 Å². The highest BCUT2D eigenvalue weighted by Crippen LogP contribution is 2.47. The van der Waals surface area contributed by atoms with Gasteiger partial charge in [-0.3, -0.25) is 9.59 Å². The molecule has 0 aromatic heterocycles. The van der Waals surface area contributed by atoms with Crippen LogP contribution in [0.5, 0.6) is 5.75 Å². The summed E-state index contributed by atoms with van der Waals surface area (Å²) < 4.78 is 48.2. The standard InChI is InChI=1S/C38H49ClN2O7S/c1-24-8-6-10-33(46-5)29-14-11-26(29)21-41-22-38(17-7-9-25-18-27(39)12-15-31(25)38)23-47-34-16-13-28(19-32(34)41)49(44,45)40-36(43)30(24)20-35(42)48-37(2,3)4/h6,10,12-13,15-16,18-19,24,26,29-30,33H,7-9,11,14,17,20-23H2,1-5H3,(H,40,43)/b10-6+/t24-,26-,29+,30+,33+,38-/m0/s1. The number of halogens is 1. The van der Waals surface area contributed by atoms with Crippen LogP contribution in [0.2, 0.25) is 5.02 Å². The molecule has 2 aromatic rings. The van der Waals surface area contributed by atoms with Gasteiger partial charge in [-0.1, -0.05) is 36.7 Å². The van der Waals surface area contributed by atoms with Crippen molar-refractivity contribution in [2.75, 3.05) is 31.7 Å². The molecule has 0 radical (unpaired) electrons. The van der Waals surface area contributed by atoms with Crippen molar-refractivity contribution < 1.29 is 32.2 Å². The molecule has 4 aliphatic rings. The zero-order valence-electron chi connectivity index (χ0n) is 29.2. The zero-order chi connectivity index (χ0) is 35.1. The monoisotopic (exact) mass is 712 g/mol. The van der Waals surface area contributed by atoms with E-state index in [4.69, 9.17) is 25.8 Å². The number of sulfonamides is 1. The molecule has 1 saturated carbocycles. The van der Waals surface area contributed by atoms with E-state index in [0.29, 0.717) is 48.5 Å². The number of amides is 1. The fourth-order valence-corrected chi connectivity index (χ4v) is 9.41. The van der Waals surface area contributed by atoms with E-state index < -0.39 is 33.4 Å². The largest absolute Gasteiger partial charge is 0.490 e. The minimum Gasteiger partial charge on any atom is -0.490 e. The van der Waals surface area contributed by atoms with Gasteiger partial charge in [0, 0.05) is 30.6 Å². The Morgan fingerprint density at radius 1 is 1.16 bits per heavy atom. The average Bonchev–Trinajstić information content (AvgIpc) is 3.16. The molecule has 1 amide bonds. The van der Waals surface area contributed by atoms with Crippen molar-refractivity contribution in [3.05, 3.63) is 64.7 Å². The number of nitrogens with one attached hydrogen (secondary N) is 1. The molecule has 6 rings (SSSR count). The second-order valence-electron chi connectivity index (χ2n) is 15.4. The van der Waals surface area contributed by atoms with E-state index in [1.54, 1.807) is 40.0 Å². The third-order valence-electron chi connectivity index (χ3n) is 10.8. The first-order chi connectivity index (χ1) is 23.2. The van der Waals surface area contributed by atoms with Crippen molar-refractivity contribution in [2.24, 2.45) is 23.7 Å². The van der Waals surface area contributed by atoms with E-state index in [0.717, 1.165) is 32.1 Å². The Kier molecular flexibility index (Phi) is 10.1. The number of carbonyl (C=O) groups is 2. The molecule has 49 heavy (non-hydrogen) atoms. The highest BCUT2D eigenvalue weighted by molar-refractivity contribution is 7.90. The van der Waals surface area contributed by atoms with Gasteiger partial charge < -0.3 is 19.1 Å². The van der Waals surface area contributed by atoms with Gasteiger partial charge in [0.2, 0.25) is 5.91 Å². The number of ether oxygens (including phenoxy) is 3. The molecular formula is C38H49ClN2O7S. The van der Waals surface area contributed by atoms with Gasteiger partial charge in [-0.15, -0.1) is 0 Å². The van der Waals surface area contributed by atoms with Crippen LogP contribution in [0.1, 0.15) is 77.3 Å². The van der Waals surface area contributed by atoms with Crippen LogP contribution < -0.4 is 14.4 Å². The van der Waals surface area contributed by atoms with Crippen molar-refractivity contribution in [3.63, 3.8) is 0 Å². The van der Waals surface area contributed by atoms with Crippen molar-refractivity contribution in [3.8, 4) is 5.75 Å². The number of methoxy groups -OCH3 is 1. The first-order valence-corrected chi connectivity index (χ1v) is 19.3. The zero-order valence-corrected chi connectivity index (χ0v) is 30.7. The van der Waals surface area contributed by atoms with E-state index >= 15 is 0 Å². The molecule has 1 fully saturated rings. The van der Waals surface area contributed by atoms with Gasteiger partial charge in [0.25, 0.3) is 10.0 Å². The maximum atomic E-state index is 13.9. The Bertz CT molecular complexity index is 1720. The summed E-state index contributed by atoms with van der Waals surface area (Å²) >= 11 is 6.43. The molecule has 6 atom stereocenters. The summed E-state index contributed by atoms with van der Waals surface area (Å²) in [5.74, 6) is -1.36. The molecule has 266 valence electrons. The summed E-state index contributed by atoms with van der Waals surface area (Å²) in [4.78, 5) is 29.0. The summed E-state index contributed by atoms with van der Waals surface area (Å²) in [7, 11) is -2.56. The number of carbonyl (C=O) groups excluding carboxylic acids is 2. The van der Waals surface area contributed by atoms with Crippen LogP contribution in [0.25, 0.3) is 0 Å². The summed E-state index contributed by atoms with van der Waals surface area (Å²) in [5, 5.41) is 0.717. The Balaban J connectivity index is 1.40. The highest BCUT2D eigenvalue weighted by atomic mass is 35.5. The van der Waals surface area contributed by atoms with Crippen molar-refractivity contribution >= 4 is 39.2 Å². The van der Waals surface area contributed by atoms with Gasteiger partial charge in [0.1, 0.15) is 11.4 Å². The SMILES string of the molecule is CO[C@@H]1/C=C/C[C@H](C)[C@@H](CC(=O)OC(C)(C)C)C(=O)NS(=O)(=O)c2ccc3c(c2)N(C[C@@H]2CC[C@H]21)C[C@@]1(CCCc2cc(Cl)ccc21)CO3. The van der Waals surface area contributed by atoms with Crippen LogP contribution >= 0.6 is 11.6 Å². The summed E-state index contributed by atoms with van der Waals surface area (Å²) in [6, 6.07) is 11.0. The lowest BCUT2D eigenvalue weighted by Crippen LogP contribution is -2.49. The number of rotatable bonds is 3. The normalized spacial score (nSPS) is 30.4. The summed E-state index contributed by atoms with van der Waals surface area (Å²) in [6.07, 6.45) is 9.11. The molecule has 2 bridgehead atoms. The minimum absolute atomic E-state index is 0.0319. The van der Waals surface area contributed by atoms with E-state index in [-0.39, 0.29) is 34.7 Å². The predicted molar refractivity (Wildman–Crippen MR) is 189 cm³/mol. The molecule has 2 aliphatic carbocycles. The third-order valence-corrected chi connectivity index (χ3v) is 12.4. The molecular weight excluding hydrogens is 664 g/mol. The van der Waals surface area contributed by atoms with Crippen LogP contribution in [-0.4, -0.2) is 58.8 Å². The van der Waals surface area contributed by atoms with Crippen molar-refractivity contribution in [1.82, 2.24) is 4.72 Å². The first kappa shape index (κ1) is 35.7. The molecule has 2 aromatic carbocycles. The van der Waals surface area contributed by atoms with Crippen LogP contribution in [0.3, 0.4) is 0 Å². The molecule has 2 aliphatic heterocycles. The highest BCUT2D eigenvalue weighted by Gasteiger charge is 2.45. The van der Waals surface area contributed by atoms with Gasteiger partial charge in [0.05, 0.1) is 35.6 Å². The first-order valence-electron chi connectivity index (χ1n) is 17.5.